The number of carbonyl (C=O) groups is 1. The fraction of sp³-hybridized carbons (Fsp3) is 0.417. The Balaban J connectivity index is 2.28. The van der Waals surface area contributed by atoms with Crippen molar-refractivity contribution < 1.29 is 31.1 Å². The highest BCUT2D eigenvalue weighted by atomic mass is 32.2. The molecular formula is C12H13F3N2O4S. The highest BCUT2D eigenvalue weighted by Gasteiger charge is 2.36. The maximum atomic E-state index is 12.5. The van der Waals surface area contributed by atoms with E-state index in [-0.39, 0.29) is 26.2 Å². The van der Waals surface area contributed by atoms with Gasteiger partial charge in [-0.2, -0.15) is 4.31 Å². The largest absolute Gasteiger partial charge is 0.573 e. The molecule has 1 fully saturated rings. The van der Waals surface area contributed by atoms with Gasteiger partial charge >= 0.3 is 6.36 Å². The van der Waals surface area contributed by atoms with E-state index in [0.29, 0.717) is 6.41 Å². The molecule has 10 heteroatoms. The third-order valence-electron chi connectivity index (χ3n) is 3.11. The van der Waals surface area contributed by atoms with Gasteiger partial charge in [0.15, 0.2) is 0 Å². The quantitative estimate of drug-likeness (QED) is 0.770. The summed E-state index contributed by atoms with van der Waals surface area (Å²) in [7, 11) is -4.13. The molecule has 0 spiro atoms. The Morgan fingerprint density at radius 1 is 1.09 bits per heavy atom. The van der Waals surface area contributed by atoms with Crippen LogP contribution >= 0.6 is 0 Å². The second kappa shape index (κ2) is 6.13. The third-order valence-corrected chi connectivity index (χ3v) is 5.05. The second-order valence-corrected chi connectivity index (χ2v) is 6.45. The van der Waals surface area contributed by atoms with Crippen molar-refractivity contribution in [2.45, 2.75) is 11.3 Å². The molecule has 1 saturated heterocycles. The van der Waals surface area contributed by atoms with Crippen molar-refractivity contribution in [3.63, 3.8) is 0 Å². The molecule has 0 atom stereocenters. The van der Waals surface area contributed by atoms with Crippen molar-refractivity contribution in [1.82, 2.24) is 9.21 Å². The van der Waals surface area contributed by atoms with E-state index in [1.807, 2.05) is 0 Å². The van der Waals surface area contributed by atoms with Gasteiger partial charge in [0.25, 0.3) is 0 Å². The van der Waals surface area contributed by atoms with E-state index < -0.39 is 27.0 Å². The van der Waals surface area contributed by atoms with E-state index in [9.17, 15) is 26.4 Å². The number of piperazine rings is 1. The number of hydrogen-bond donors (Lipinski definition) is 0. The predicted molar refractivity (Wildman–Crippen MR) is 69.5 cm³/mol. The zero-order valence-electron chi connectivity index (χ0n) is 11.3. The van der Waals surface area contributed by atoms with Gasteiger partial charge in [0, 0.05) is 26.2 Å². The van der Waals surface area contributed by atoms with Crippen LogP contribution in [0.3, 0.4) is 0 Å². The minimum atomic E-state index is -4.98. The Morgan fingerprint density at radius 3 is 2.23 bits per heavy atom. The molecule has 0 aliphatic carbocycles. The molecule has 1 amide bonds. The van der Waals surface area contributed by atoms with Crippen LogP contribution < -0.4 is 4.74 Å². The Kier molecular flexibility index (Phi) is 4.61. The third kappa shape index (κ3) is 3.69. The lowest BCUT2D eigenvalue weighted by molar-refractivity contribution is -0.275. The number of amides is 1. The van der Waals surface area contributed by atoms with E-state index >= 15 is 0 Å². The van der Waals surface area contributed by atoms with Gasteiger partial charge < -0.3 is 9.64 Å². The number of sulfonamides is 1. The van der Waals surface area contributed by atoms with E-state index in [1.165, 1.54) is 17.0 Å². The maximum Gasteiger partial charge on any atom is 0.573 e. The summed E-state index contributed by atoms with van der Waals surface area (Å²) in [5.41, 5.74) is 0. The summed E-state index contributed by atoms with van der Waals surface area (Å²) >= 11 is 0. The van der Waals surface area contributed by atoms with Gasteiger partial charge in [0.1, 0.15) is 10.6 Å². The van der Waals surface area contributed by atoms with Crippen LogP contribution in [-0.2, 0) is 14.8 Å². The van der Waals surface area contributed by atoms with E-state index in [2.05, 4.69) is 4.74 Å². The molecule has 1 aliphatic rings. The van der Waals surface area contributed by atoms with Gasteiger partial charge in [0.2, 0.25) is 16.4 Å². The van der Waals surface area contributed by atoms with Crippen molar-refractivity contribution in [2.24, 2.45) is 0 Å². The van der Waals surface area contributed by atoms with Crippen LogP contribution in [0.5, 0.6) is 5.75 Å². The van der Waals surface area contributed by atoms with Crippen LogP contribution in [0, 0.1) is 0 Å². The Bertz CT molecular complexity index is 640. The van der Waals surface area contributed by atoms with Crippen molar-refractivity contribution in [1.29, 1.82) is 0 Å². The van der Waals surface area contributed by atoms with Gasteiger partial charge in [-0.05, 0) is 12.1 Å². The zero-order valence-corrected chi connectivity index (χ0v) is 12.1. The monoisotopic (exact) mass is 338 g/mol. The van der Waals surface area contributed by atoms with Crippen molar-refractivity contribution in [3.8, 4) is 5.75 Å². The normalized spacial score (nSPS) is 17.3. The van der Waals surface area contributed by atoms with Gasteiger partial charge in [-0.15, -0.1) is 13.2 Å². The zero-order chi connectivity index (χ0) is 16.4. The van der Waals surface area contributed by atoms with Crippen molar-refractivity contribution in [3.05, 3.63) is 24.3 Å². The SMILES string of the molecule is O=CN1CCN(S(=O)(=O)c2ccccc2OC(F)(F)F)CC1. The highest BCUT2D eigenvalue weighted by molar-refractivity contribution is 7.89. The first kappa shape index (κ1) is 16.6. The number of benzene rings is 1. The molecule has 22 heavy (non-hydrogen) atoms. The fourth-order valence-corrected chi connectivity index (χ4v) is 3.60. The molecule has 1 aromatic carbocycles. The summed E-state index contributed by atoms with van der Waals surface area (Å²) in [6.45, 7) is 0.402. The van der Waals surface area contributed by atoms with E-state index in [4.69, 9.17) is 0 Å². The molecule has 1 heterocycles. The summed E-state index contributed by atoms with van der Waals surface area (Å²) in [5, 5.41) is 0. The topological polar surface area (TPSA) is 66.9 Å². The molecule has 0 saturated carbocycles. The maximum absolute atomic E-state index is 12.5. The molecule has 0 aromatic heterocycles. The van der Waals surface area contributed by atoms with Crippen LogP contribution in [0.4, 0.5) is 13.2 Å². The second-order valence-electron chi connectivity index (χ2n) is 4.54. The van der Waals surface area contributed by atoms with Crippen LogP contribution in [0.2, 0.25) is 0 Å². The highest BCUT2D eigenvalue weighted by Crippen LogP contribution is 2.31. The van der Waals surface area contributed by atoms with E-state index in [0.717, 1.165) is 16.4 Å². The standard InChI is InChI=1S/C12H13F3N2O4S/c13-12(14,15)21-10-3-1-2-4-11(10)22(19,20)17-7-5-16(9-18)6-8-17/h1-4,9H,5-8H2. The van der Waals surface area contributed by atoms with Crippen LogP contribution in [0.25, 0.3) is 0 Å². The summed E-state index contributed by atoms with van der Waals surface area (Å²) in [4.78, 5) is 11.5. The van der Waals surface area contributed by atoms with Gasteiger partial charge in [-0.25, -0.2) is 8.42 Å². The minimum Gasteiger partial charge on any atom is -0.404 e. The first-order valence-electron chi connectivity index (χ1n) is 6.28. The van der Waals surface area contributed by atoms with Crippen molar-refractivity contribution in [2.75, 3.05) is 26.2 Å². The smallest absolute Gasteiger partial charge is 0.404 e. The Labute approximate surface area is 125 Å². The number of ether oxygens (including phenoxy) is 1. The Morgan fingerprint density at radius 2 is 1.68 bits per heavy atom. The number of carbonyl (C=O) groups excluding carboxylic acids is 1. The molecular weight excluding hydrogens is 325 g/mol. The number of nitrogens with zero attached hydrogens (tertiary/aromatic N) is 2. The fourth-order valence-electron chi connectivity index (χ4n) is 2.06. The number of rotatable bonds is 4. The van der Waals surface area contributed by atoms with Crippen LogP contribution in [0.15, 0.2) is 29.2 Å². The van der Waals surface area contributed by atoms with Crippen LogP contribution in [-0.4, -0.2) is 56.6 Å². The predicted octanol–water partition coefficient (Wildman–Crippen LogP) is 1.05. The first-order chi connectivity index (χ1) is 10.2. The first-order valence-corrected chi connectivity index (χ1v) is 7.72. The lowest BCUT2D eigenvalue weighted by Gasteiger charge is -2.32. The van der Waals surface area contributed by atoms with E-state index in [1.54, 1.807) is 0 Å². The van der Waals surface area contributed by atoms with Gasteiger partial charge in [-0.1, -0.05) is 12.1 Å². The Hall–Kier alpha value is -1.81. The summed E-state index contributed by atoms with van der Waals surface area (Å²) in [6, 6.07) is 4.58. The lowest BCUT2D eigenvalue weighted by Crippen LogP contribution is -2.48. The van der Waals surface area contributed by atoms with Gasteiger partial charge in [0.05, 0.1) is 0 Å². The number of alkyl halides is 3. The van der Waals surface area contributed by atoms with Gasteiger partial charge in [-0.3, -0.25) is 4.79 Å². The molecule has 0 unspecified atom stereocenters. The van der Waals surface area contributed by atoms with Crippen molar-refractivity contribution >= 4 is 16.4 Å². The number of hydrogen-bond acceptors (Lipinski definition) is 4. The average molecular weight is 338 g/mol. The molecule has 2 rings (SSSR count). The minimum absolute atomic E-state index is 0.0153. The number of halogens is 3. The molecule has 0 radical (unpaired) electrons. The number of para-hydroxylation sites is 1. The molecule has 0 bridgehead atoms. The summed E-state index contributed by atoms with van der Waals surface area (Å²) in [6.07, 6.45) is -4.38. The molecule has 1 aromatic rings. The lowest BCUT2D eigenvalue weighted by atomic mass is 10.3. The molecule has 122 valence electrons. The molecule has 6 nitrogen and oxygen atoms in total. The van der Waals surface area contributed by atoms with Crippen LogP contribution in [0.1, 0.15) is 0 Å². The summed E-state index contributed by atoms with van der Waals surface area (Å²) < 4.78 is 66.9. The molecule has 0 N–H and O–H groups in total. The summed E-state index contributed by atoms with van der Waals surface area (Å²) in [5.74, 6) is -0.771. The molecule has 1 aliphatic heterocycles. The average Bonchev–Trinajstić information content (AvgIpc) is 2.46.